The molecule has 0 radical (unpaired) electrons. The Kier molecular flexibility index (Phi) is 3.29. The van der Waals surface area contributed by atoms with Crippen molar-refractivity contribution in [1.82, 2.24) is 0 Å². The number of carbonyl (C=O) groups is 1. The molecule has 1 rings (SSSR count). The predicted octanol–water partition coefficient (Wildman–Crippen LogP) is 2.05. The van der Waals surface area contributed by atoms with Crippen molar-refractivity contribution >= 4 is 5.97 Å². The summed E-state index contributed by atoms with van der Waals surface area (Å²) in [6, 6.07) is 4.67. The van der Waals surface area contributed by atoms with Crippen molar-refractivity contribution in [2.24, 2.45) is 0 Å². The summed E-state index contributed by atoms with van der Waals surface area (Å²) >= 11 is 0. The van der Waals surface area contributed by atoms with Crippen LogP contribution in [0.5, 0.6) is 11.5 Å². The Morgan fingerprint density at radius 2 is 2.36 bits per heavy atom. The zero-order chi connectivity index (χ0) is 10.6. The standard InChI is InChI=1S/C11H12O3/c1-3-4-9-7-10(14-8(2)12)5-6-11(9)13/h3,5-7,13H,1,4H2,2H3. The molecule has 0 spiro atoms. The maximum absolute atomic E-state index is 10.7. The van der Waals surface area contributed by atoms with E-state index < -0.39 is 0 Å². The van der Waals surface area contributed by atoms with E-state index in [1.54, 1.807) is 18.2 Å². The van der Waals surface area contributed by atoms with E-state index in [0.29, 0.717) is 17.7 Å². The molecule has 3 nitrogen and oxygen atoms in total. The molecule has 1 aromatic rings. The Morgan fingerprint density at radius 1 is 1.64 bits per heavy atom. The highest BCUT2D eigenvalue weighted by Crippen LogP contribution is 2.23. The van der Waals surface area contributed by atoms with E-state index in [2.05, 4.69) is 6.58 Å². The fraction of sp³-hybridized carbons (Fsp3) is 0.182. The molecule has 0 aliphatic carbocycles. The molecule has 0 unspecified atom stereocenters. The molecule has 0 atom stereocenters. The van der Waals surface area contributed by atoms with Crippen LogP contribution in [0.1, 0.15) is 12.5 Å². The van der Waals surface area contributed by atoms with E-state index in [4.69, 9.17) is 4.74 Å². The topological polar surface area (TPSA) is 46.5 Å². The Bertz CT molecular complexity index is 356. The average Bonchev–Trinajstić information content (AvgIpc) is 2.10. The van der Waals surface area contributed by atoms with E-state index >= 15 is 0 Å². The first-order chi connectivity index (χ1) is 6.63. The second-order valence-corrected chi connectivity index (χ2v) is 2.88. The van der Waals surface area contributed by atoms with Gasteiger partial charge in [-0.2, -0.15) is 0 Å². The molecule has 0 fully saturated rings. The molecule has 3 heteroatoms. The summed E-state index contributed by atoms with van der Waals surface area (Å²) < 4.78 is 4.87. The normalized spacial score (nSPS) is 9.50. The monoisotopic (exact) mass is 192 g/mol. The van der Waals surface area contributed by atoms with Crippen LogP contribution >= 0.6 is 0 Å². The molecule has 0 heterocycles. The number of rotatable bonds is 3. The van der Waals surface area contributed by atoms with Gasteiger partial charge < -0.3 is 9.84 Å². The van der Waals surface area contributed by atoms with Crippen molar-refractivity contribution in [2.75, 3.05) is 0 Å². The smallest absolute Gasteiger partial charge is 0.308 e. The van der Waals surface area contributed by atoms with E-state index in [-0.39, 0.29) is 11.7 Å². The first-order valence-electron chi connectivity index (χ1n) is 4.24. The van der Waals surface area contributed by atoms with Crippen LogP contribution in [-0.4, -0.2) is 11.1 Å². The minimum Gasteiger partial charge on any atom is -0.508 e. The van der Waals surface area contributed by atoms with Gasteiger partial charge in [-0.25, -0.2) is 0 Å². The van der Waals surface area contributed by atoms with Gasteiger partial charge in [-0.3, -0.25) is 4.79 Å². The summed E-state index contributed by atoms with van der Waals surface area (Å²) in [5.74, 6) is 0.244. The third-order valence-electron chi connectivity index (χ3n) is 1.68. The lowest BCUT2D eigenvalue weighted by atomic mass is 10.1. The molecule has 1 N–H and O–H groups in total. The molecule has 0 aliphatic rings. The number of hydrogen-bond donors (Lipinski definition) is 1. The Labute approximate surface area is 82.6 Å². The summed E-state index contributed by atoms with van der Waals surface area (Å²) in [5.41, 5.74) is 0.693. The minimum atomic E-state index is -0.375. The van der Waals surface area contributed by atoms with Crippen molar-refractivity contribution in [2.45, 2.75) is 13.3 Å². The third-order valence-corrected chi connectivity index (χ3v) is 1.68. The lowest BCUT2D eigenvalue weighted by molar-refractivity contribution is -0.131. The number of phenols is 1. The molecular weight excluding hydrogens is 180 g/mol. The van der Waals surface area contributed by atoms with Crippen LogP contribution < -0.4 is 4.74 Å². The van der Waals surface area contributed by atoms with E-state index in [9.17, 15) is 9.90 Å². The SMILES string of the molecule is C=CCc1cc(OC(C)=O)ccc1O. The van der Waals surface area contributed by atoms with E-state index in [1.165, 1.54) is 13.0 Å². The molecule has 0 aliphatic heterocycles. The highest BCUT2D eigenvalue weighted by Gasteiger charge is 2.03. The highest BCUT2D eigenvalue weighted by atomic mass is 16.5. The summed E-state index contributed by atoms with van der Waals surface area (Å²) in [7, 11) is 0. The van der Waals surface area contributed by atoms with Gasteiger partial charge in [0.25, 0.3) is 0 Å². The molecule has 0 bridgehead atoms. The first-order valence-corrected chi connectivity index (χ1v) is 4.24. The number of benzene rings is 1. The molecule has 0 amide bonds. The van der Waals surface area contributed by atoms with Crippen molar-refractivity contribution in [1.29, 1.82) is 0 Å². The minimum absolute atomic E-state index is 0.181. The van der Waals surface area contributed by atoms with Gasteiger partial charge in [-0.05, 0) is 24.6 Å². The van der Waals surface area contributed by atoms with Crippen molar-refractivity contribution in [3.8, 4) is 11.5 Å². The van der Waals surface area contributed by atoms with Crippen LogP contribution in [0.3, 0.4) is 0 Å². The second kappa shape index (κ2) is 4.46. The number of phenolic OH excluding ortho intramolecular Hbond substituents is 1. The summed E-state index contributed by atoms with van der Waals surface area (Å²) in [6.07, 6.45) is 2.22. The number of esters is 1. The summed E-state index contributed by atoms with van der Waals surface area (Å²) in [6.45, 7) is 4.90. The number of aromatic hydroxyl groups is 1. The number of allylic oxidation sites excluding steroid dienone is 1. The lowest BCUT2D eigenvalue weighted by Gasteiger charge is -2.05. The lowest BCUT2D eigenvalue weighted by Crippen LogP contribution is -2.01. The van der Waals surface area contributed by atoms with Gasteiger partial charge in [0.1, 0.15) is 11.5 Å². The van der Waals surface area contributed by atoms with Gasteiger partial charge in [0.05, 0.1) is 0 Å². The molecule has 0 saturated carbocycles. The largest absolute Gasteiger partial charge is 0.508 e. The van der Waals surface area contributed by atoms with Crippen LogP contribution in [0.25, 0.3) is 0 Å². The summed E-state index contributed by atoms with van der Waals surface area (Å²) in [5, 5.41) is 9.41. The Morgan fingerprint density at radius 3 is 2.93 bits per heavy atom. The van der Waals surface area contributed by atoms with Gasteiger partial charge in [-0.1, -0.05) is 6.08 Å². The Hall–Kier alpha value is -1.77. The van der Waals surface area contributed by atoms with Crippen LogP contribution in [-0.2, 0) is 11.2 Å². The van der Waals surface area contributed by atoms with Gasteiger partial charge >= 0.3 is 5.97 Å². The van der Waals surface area contributed by atoms with Crippen LogP contribution in [0.4, 0.5) is 0 Å². The molecule has 0 aromatic heterocycles. The zero-order valence-corrected chi connectivity index (χ0v) is 7.99. The maximum Gasteiger partial charge on any atom is 0.308 e. The number of hydrogen-bond acceptors (Lipinski definition) is 3. The number of ether oxygens (including phenoxy) is 1. The van der Waals surface area contributed by atoms with Crippen molar-refractivity contribution < 1.29 is 14.6 Å². The maximum atomic E-state index is 10.7. The zero-order valence-electron chi connectivity index (χ0n) is 7.99. The number of carbonyl (C=O) groups excluding carboxylic acids is 1. The molecule has 14 heavy (non-hydrogen) atoms. The van der Waals surface area contributed by atoms with Crippen LogP contribution in [0, 0.1) is 0 Å². The Balaban J connectivity index is 2.93. The third kappa shape index (κ3) is 2.62. The molecule has 1 aromatic carbocycles. The van der Waals surface area contributed by atoms with E-state index in [1.807, 2.05) is 0 Å². The van der Waals surface area contributed by atoms with Gasteiger partial charge in [0.15, 0.2) is 0 Å². The molecule has 74 valence electrons. The van der Waals surface area contributed by atoms with Gasteiger partial charge in [-0.15, -0.1) is 6.58 Å². The van der Waals surface area contributed by atoms with Gasteiger partial charge in [0.2, 0.25) is 0 Å². The fourth-order valence-corrected chi connectivity index (χ4v) is 1.11. The van der Waals surface area contributed by atoms with Crippen LogP contribution in [0.2, 0.25) is 0 Å². The molecular formula is C11H12O3. The van der Waals surface area contributed by atoms with Gasteiger partial charge in [0, 0.05) is 12.5 Å². The van der Waals surface area contributed by atoms with Crippen molar-refractivity contribution in [3.63, 3.8) is 0 Å². The highest BCUT2D eigenvalue weighted by molar-refractivity contribution is 5.69. The van der Waals surface area contributed by atoms with Crippen molar-refractivity contribution in [3.05, 3.63) is 36.4 Å². The first kappa shape index (κ1) is 10.3. The van der Waals surface area contributed by atoms with E-state index in [0.717, 1.165) is 0 Å². The average molecular weight is 192 g/mol. The predicted molar refractivity (Wildman–Crippen MR) is 53.3 cm³/mol. The summed E-state index contributed by atoms with van der Waals surface area (Å²) in [4.78, 5) is 10.7. The van der Waals surface area contributed by atoms with Crippen LogP contribution in [0.15, 0.2) is 30.9 Å². The second-order valence-electron chi connectivity index (χ2n) is 2.88. The fourth-order valence-electron chi connectivity index (χ4n) is 1.11. The molecule has 0 saturated heterocycles. The quantitative estimate of drug-likeness (QED) is 0.453.